The van der Waals surface area contributed by atoms with Crippen LogP contribution in [-0.2, 0) is 29.2 Å². The number of rotatable bonds is 3. The van der Waals surface area contributed by atoms with Gasteiger partial charge in [-0.2, -0.15) is 22.6 Å². The number of hydrogen-bond donors (Lipinski definition) is 1. The van der Waals surface area contributed by atoms with E-state index < -0.39 is 22.0 Å². The van der Waals surface area contributed by atoms with Gasteiger partial charge < -0.3 is 8.94 Å². The summed E-state index contributed by atoms with van der Waals surface area (Å²) >= 11 is 0. The first kappa shape index (κ1) is 18.7. The minimum absolute atomic E-state index is 0.0567. The minimum Gasteiger partial charge on any atom is -0.458 e. The molecule has 0 unspecified atom stereocenters. The van der Waals surface area contributed by atoms with Gasteiger partial charge in [0.2, 0.25) is 15.8 Å². The number of sulfonamides is 1. The second-order valence-corrected chi connectivity index (χ2v) is 8.37. The SMILES string of the molecule is Cc1[nH]nc2c1CN(S(=O)(=O)c1cc(-c3cc(C(F)(F)F)on3)oc1C)CC2. The Morgan fingerprint density at radius 3 is 2.68 bits per heavy atom. The quantitative estimate of drug-likeness (QED) is 0.704. The number of halogens is 3. The lowest BCUT2D eigenvalue weighted by atomic mass is 10.1. The monoisotopic (exact) mass is 416 g/mol. The van der Waals surface area contributed by atoms with Crippen molar-refractivity contribution in [3.63, 3.8) is 0 Å². The molecule has 0 saturated heterocycles. The van der Waals surface area contributed by atoms with Crippen LogP contribution in [0.1, 0.15) is 28.5 Å². The summed E-state index contributed by atoms with van der Waals surface area (Å²) in [6.07, 6.45) is -4.24. The predicted molar refractivity (Wildman–Crippen MR) is 88.6 cm³/mol. The van der Waals surface area contributed by atoms with E-state index in [0.717, 1.165) is 17.0 Å². The Bertz CT molecular complexity index is 1140. The van der Waals surface area contributed by atoms with Crippen LogP contribution in [0.25, 0.3) is 11.5 Å². The summed E-state index contributed by atoms with van der Waals surface area (Å²) in [5, 5.41) is 10.3. The third kappa shape index (κ3) is 3.02. The van der Waals surface area contributed by atoms with Crippen molar-refractivity contribution in [2.75, 3.05) is 6.54 Å². The molecule has 0 bridgehead atoms. The highest BCUT2D eigenvalue weighted by atomic mass is 32.2. The zero-order valence-electron chi connectivity index (χ0n) is 14.8. The number of furan rings is 1. The third-order valence-corrected chi connectivity index (χ3v) is 6.58. The summed E-state index contributed by atoms with van der Waals surface area (Å²) in [5.41, 5.74) is 2.21. The Balaban J connectivity index is 1.66. The van der Waals surface area contributed by atoms with Crippen molar-refractivity contribution in [1.29, 1.82) is 0 Å². The Morgan fingerprint density at radius 2 is 2.00 bits per heavy atom. The molecule has 0 saturated carbocycles. The molecule has 4 heterocycles. The maximum Gasteiger partial charge on any atom is 0.452 e. The summed E-state index contributed by atoms with van der Waals surface area (Å²) in [6.45, 7) is 3.63. The number of aromatic amines is 1. The number of nitrogens with one attached hydrogen (secondary N) is 1. The van der Waals surface area contributed by atoms with Crippen molar-refractivity contribution in [2.24, 2.45) is 0 Å². The summed E-state index contributed by atoms with van der Waals surface area (Å²) in [4.78, 5) is -0.122. The first-order chi connectivity index (χ1) is 13.1. The van der Waals surface area contributed by atoms with E-state index in [9.17, 15) is 21.6 Å². The second kappa shape index (κ2) is 6.21. The van der Waals surface area contributed by atoms with E-state index in [-0.39, 0.29) is 35.2 Å². The number of H-pyrrole nitrogens is 1. The van der Waals surface area contributed by atoms with E-state index in [0.29, 0.717) is 12.5 Å². The highest BCUT2D eigenvalue weighted by molar-refractivity contribution is 7.89. The first-order valence-electron chi connectivity index (χ1n) is 8.25. The standard InChI is InChI=1S/C16H15F3N4O4S/c1-8-10-7-23(4-3-11(10)21-20-8)28(24,25)14-6-13(26-9(14)2)12-5-15(27-22-12)16(17,18)19/h5-6H,3-4,7H2,1-2H3,(H,20,21). The molecule has 0 fully saturated rings. The maximum atomic E-state index is 13.1. The number of hydrogen-bond acceptors (Lipinski definition) is 6. The van der Waals surface area contributed by atoms with E-state index >= 15 is 0 Å². The molecule has 1 aliphatic heterocycles. The fourth-order valence-corrected chi connectivity index (χ4v) is 4.69. The molecule has 28 heavy (non-hydrogen) atoms. The molecule has 0 aliphatic carbocycles. The number of nitrogens with zero attached hydrogens (tertiary/aromatic N) is 3. The molecule has 3 aromatic heterocycles. The van der Waals surface area contributed by atoms with Crippen LogP contribution < -0.4 is 0 Å². The molecule has 8 nitrogen and oxygen atoms in total. The van der Waals surface area contributed by atoms with Crippen LogP contribution in [0.5, 0.6) is 0 Å². The average Bonchev–Trinajstić information content (AvgIpc) is 3.33. The van der Waals surface area contributed by atoms with Gasteiger partial charge in [-0.15, -0.1) is 0 Å². The molecule has 0 aromatic carbocycles. The number of fused-ring (bicyclic) bond motifs is 1. The van der Waals surface area contributed by atoms with Gasteiger partial charge in [0.05, 0.1) is 5.69 Å². The Morgan fingerprint density at radius 1 is 1.25 bits per heavy atom. The van der Waals surface area contributed by atoms with Gasteiger partial charge in [0.25, 0.3) is 0 Å². The van der Waals surface area contributed by atoms with Gasteiger partial charge in [0.1, 0.15) is 16.3 Å². The van der Waals surface area contributed by atoms with E-state index in [2.05, 4.69) is 19.9 Å². The molecular weight excluding hydrogens is 401 g/mol. The van der Waals surface area contributed by atoms with Gasteiger partial charge in [-0.05, 0) is 13.8 Å². The minimum atomic E-state index is -4.70. The molecule has 1 N–H and O–H groups in total. The summed E-state index contributed by atoms with van der Waals surface area (Å²) in [7, 11) is -3.92. The zero-order valence-corrected chi connectivity index (χ0v) is 15.6. The van der Waals surface area contributed by atoms with Crippen LogP contribution in [0.4, 0.5) is 13.2 Å². The third-order valence-electron chi connectivity index (χ3n) is 4.62. The van der Waals surface area contributed by atoms with Crippen molar-refractivity contribution in [3.05, 3.63) is 40.6 Å². The Kier molecular flexibility index (Phi) is 4.16. The molecule has 0 radical (unpaired) electrons. The normalized spacial score (nSPS) is 15.8. The van der Waals surface area contributed by atoms with Gasteiger partial charge in [-0.1, -0.05) is 5.16 Å². The van der Waals surface area contributed by atoms with E-state index in [1.165, 1.54) is 17.3 Å². The number of aromatic nitrogens is 3. The maximum absolute atomic E-state index is 13.1. The van der Waals surface area contributed by atoms with Crippen LogP contribution in [0.2, 0.25) is 0 Å². The molecule has 4 rings (SSSR count). The Hall–Kier alpha value is -2.60. The second-order valence-electron chi connectivity index (χ2n) is 6.47. The number of aryl methyl sites for hydroxylation is 2. The average molecular weight is 416 g/mol. The van der Waals surface area contributed by atoms with Gasteiger partial charge in [-0.3, -0.25) is 5.10 Å². The van der Waals surface area contributed by atoms with E-state index in [1.807, 2.05) is 6.92 Å². The summed E-state index contributed by atoms with van der Waals surface area (Å²) in [6, 6.07) is 1.83. The van der Waals surface area contributed by atoms with Gasteiger partial charge >= 0.3 is 6.18 Å². The molecular formula is C16H15F3N4O4S. The molecule has 150 valence electrons. The van der Waals surface area contributed by atoms with Crippen molar-refractivity contribution in [1.82, 2.24) is 19.7 Å². The zero-order chi connectivity index (χ0) is 20.3. The van der Waals surface area contributed by atoms with E-state index in [1.54, 1.807) is 0 Å². The lowest BCUT2D eigenvalue weighted by molar-refractivity contribution is -0.155. The largest absolute Gasteiger partial charge is 0.458 e. The predicted octanol–water partition coefficient (Wildman–Crippen LogP) is 3.04. The summed E-state index contributed by atoms with van der Waals surface area (Å²) < 4.78 is 75.1. The van der Waals surface area contributed by atoms with Crippen LogP contribution in [0.15, 0.2) is 26.0 Å². The Labute approximate surface area is 157 Å². The number of alkyl halides is 3. The fraction of sp³-hybridized carbons (Fsp3) is 0.375. The molecule has 12 heteroatoms. The lowest BCUT2D eigenvalue weighted by Gasteiger charge is -2.25. The smallest absolute Gasteiger partial charge is 0.452 e. The molecule has 0 atom stereocenters. The molecule has 0 amide bonds. The summed E-state index contributed by atoms with van der Waals surface area (Å²) in [5.74, 6) is -1.35. The molecule has 0 spiro atoms. The van der Waals surface area contributed by atoms with Gasteiger partial charge in [0.15, 0.2) is 5.76 Å². The van der Waals surface area contributed by atoms with Crippen LogP contribution in [0.3, 0.4) is 0 Å². The fourth-order valence-electron chi connectivity index (χ4n) is 3.12. The van der Waals surface area contributed by atoms with Gasteiger partial charge in [-0.25, -0.2) is 8.42 Å². The van der Waals surface area contributed by atoms with Crippen molar-refractivity contribution in [3.8, 4) is 11.5 Å². The molecule has 3 aromatic rings. The van der Waals surface area contributed by atoms with Crippen molar-refractivity contribution < 1.29 is 30.5 Å². The first-order valence-corrected chi connectivity index (χ1v) is 9.69. The highest BCUT2D eigenvalue weighted by Crippen LogP contribution is 2.35. The van der Waals surface area contributed by atoms with Crippen LogP contribution in [0, 0.1) is 13.8 Å². The topological polar surface area (TPSA) is 105 Å². The van der Waals surface area contributed by atoms with Crippen molar-refractivity contribution in [2.45, 2.75) is 37.9 Å². The molecule has 1 aliphatic rings. The van der Waals surface area contributed by atoms with Crippen molar-refractivity contribution >= 4 is 10.0 Å². The highest BCUT2D eigenvalue weighted by Gasteiger charge is 2.37. The van der Waals surface area contributed by atoms with Gasteiger partial charge in [0, 0.05) is 42.9 Å². The van der Waals surface area contributed by atoms with Crippen LogP contribution >= 0.6 is 0 Å². The lowest BCUT2D eigenvalue weighted by Crippen LogP contribution is -2.36. The van der Waals surface area contributed by atoms with E-state index in [4.69, 9.17) is 4.42 Å². The van der Waals surface area contributed by atoms with Crippen LogP contribution in [-0.4, -0.2) is 34.6 Å².